The smallest absolute Gasteiger partial charge is 0.446 e. The molecule has 3 amide bonds. The number of nitrogens with one attached hydrogen (secondary N) is 2. The molecular formula is C35H52N3O9P. The molecule has 6 atom stereocenters. The molecule has 0 radical (unpaired) electrons. The quantitative estimate of drug-likeness (QED) is 0.105. The Kier molecular flexibility index (Phi) is 12.1. The number of rotatable bonds is 13. The maximum atomic E-state index is 14.9. The first kappa shape index (κ1) is 37.4. The molecule has 13 heteroatoms. The van der Waals surface area contributed by atoms with E-state index in [1.807, 2.05) is 45.9 Å². The summed E-state index contributed by atoms with van der Waals surface area (Å²) in [5, 5.41) is 4.50. The summed E-state index contributed by atoms with van der Waals surface area (Å²) in [6.45, 7) is 14.4. The molecule has 12 nitrogen and oxygen atoms in total. The fraction of sp³-hybridized carbons (Fsp3) is 0.657. The predicted octanol–water partition coefficient (Wildman–Crippen LogP) is 6.34. The number of benzene rings is 1. The molecule has 1 aromatic rings. The van der Waals surface area contributed by atoms with E-state index >= 15 is 0 Å². The van der Waals surface area contributed by atoms with Crippen molar-refractivity contribution in [3.63, 3.8) is 0 Å². The monoisotopic (exact) mass is 689 g/mol. The summed E-state index contributed by atoms with van der Waals surface area (Å²) in [6, 6.07) is 7.25. The number of nitrogens with zero attached hydrogens (tertiary/aromatic N) is 1. The summed E-state index contributed by atoms with van der Waals surface area (Å²) in [7, 11) is -3.84. The fourth-order valence-electron chi connectivity index (χ4n) is 6.65. The van der Waals surface area contributed by atoms with Gasteiger partial charge in [-0.05, 0) is 69.3 Å². The van der Waals surface area contributed by atoms with Crippen LogP contribution in [0.5, 0.6) is 0 Å². The lowest BCUT2D eigenvalue weighted by molar-refractivity contribution is -0.142. The minimum Gasteiger partial charge on any atom is -0.446 e. The molecule has 4 rings (SSSR count). The molecular weight excluding hydrogens is 637 g/mol. The predicted molar refractivity (Wildman–Crippen MR) is 180 cm³/mol. The lowest BCUT2D eigenvalue weighted by atomic mass is 9.85. The van der Waals surface area contributed by atoms with Gasteiger partial charge in [0.25, 0.3) is 0 Å². The van der Waals surface area contributed by atoms with Crippen LogP contribution in [0.25, 0.3) is 0 Å². The average molecular weight is 690 g/mol. The van der Waals surface area contributed by atoms with E-state index < -0.39 is 67.1 Å². The molecule has 1 aliphatic heterocycles. The molecule has 1 saturated heterocycles. The van der Waals surface area contributed by atoms with E-state index in [-0.39, 0.29) is 30.5 Å². The second-order valence-electron chi connectivity index (χ2n) is 14.7. The highest BCUT2D eigenvalue weighted by atomic mass is 31.2. The first-order valence-corrected chi connectivity index (χ1v) is 18.7. The maximum Gasteiger partial charge on any atom is 0.510 e. The van der Waals surface area contributed by atoms with Gasteiger partial charge in [0, 0.05) is 12.5 Å². The Morgan fingerprint density at radius 2 is 1.79 bits per heavy atom. The lowest BCUT2D eigenvalue weighted by Crippen LogP contribution is -2.58. The minimum atomic E-state index is -3.84. The van der Waals surface area contributed by atoms with Crippen LogP contribution in [-0.2, 0) is 39.1 Å². The molecule has 2 N–H and O–H groups in total. The van der Waals surface area contributed by atoms with Gasteiger partial charge in [0.1, 0.15) is 23.5 Å². The van der Waals surface area contributed by atoms with Crippen LogP contribution in [0.2, 0.25) is 0 Å². The number of carbonyl (C=O) groups is 4. The highest BCUT2D eigenvalue weighted by Gasteiger charge is 2.67. The van der Waals surface area contributed by atoms with Crippen LogP contribution in [0, 0.1) is 17.3 Å². The molecule has 3 fully saturated rings. The fourth-order valence-corrected chi connectivity index (χ4v) is 9.53. The van der Waals surface area contributed by atoms with E-state index in [2.05, 4.69) is 17.2 Å². The Labute approximate surface area is 284 Å². The first-order chi connectivity index (χ1) is 22.6. The number of carbonyl (C=O) groups excluding carboxylic acids is 4. The van der Waals surface area contributed by atoms with Gasteiger partial charge in [-0.15, -0.1) is 6.58 Å². The topological polar surface area (TPSA) is 150 Å². The summed E-state index contributed by atoms with van der Waals surface area (Å²) < 4.78 is 36.5. The SMILES string of the molecule is C=C[C@@H]1C[C@]1(NC(=O)[C@@H]1C[C@@H](C)CN1C(=O)[C@@H](NC(=O)OC1CCCC1)C(C)(C)C)P(=O)(Cc1ccccc1)OCOC(=O)OC(C)C. The molecule has 1 aromatic carbocycles. The Morgan fingerprint density at radius 1 is 1.12 bits per heavy atom. The molecule has 1 heterocycles. The van der Waals surface area contributed by atoms with E-state index in [1.54, 1.807) is 32.1 Å². The molecule has 2 aliphatic carbocycles. The van der Waals surface area contributed by atoms with E-state index in [1.165, 1.54) is 4.90 Å². The largest absolute Gasteiger partial charge is 0.510 e. The van der Waals surface area contributed by atoms with Crippen LogP contribution in [0.1, 0.15) is 85.6 Å². The average Bonchev–Trinajstić information content (AvgIpc) is 3.28. The number of likely N-dealkylation sites (tertiary alicyclic amines) is 1. The van der Waals surface area contributed by atoms with E-state index in [0.717, 1.165) is 25.7 Å². The third-order valence-electron chi connectivity index (χ3n) is 9.27. The zero-order valence-electron chi connectivity index (χ0n) is 29.1. The Hall–Kier alpha value is -3.37. The number of ether oxygens (including phenoxy) is 3. The van der Waals surface area contributed by atoms with E-state index in [9.17, 15) is 23.7 Å². The number of hydrogen-bond acceptors (Lipinski definition) is 9. The Balaban J connectivity index is 1.56. The number of hydrogen-bond donors (Lipinski definition) is 2. The van der Waals surface area contributed by atoms with Crippen molar-refractivity contribution in [3.05, 3.63) is 48.6 Å². The van der Waals surface area contributed by atoms with Crippen molar-refractivity contribution < 1.29 is 42.5 Å². The summed E-state index contributed by atoms with van der Waals surface area (Å²) in [5.74, 6) is -1.26. The first-order valence-electron chi connectivity index (χ1n) is 16.9. The third-order valence-corrected chi connectivity index (χ3v) is 12.4. The number of amides is 3. The van der Waals surface area contributed by atoms with Crippen LogP contribution in [0.3, 0.4) is 0 Å². The van der Waals surface area contributed by atoms with Crippen LogP contribution in [0.15, 0.2) is 43.0 Å². The molecule has 266 valence electrons. The van der Waals surface area contributed by atoms with Crippen molar-refractivity contribution in [2.75, 3.05) is 13.3 Å². The lowest BCUT2D eigenvalue weighted by Gasteiger charge is -2.36. The van der Waals surface area contributed by atoms with E-state index in [4.69, 9.17) is 18.7 Å². The molecule has 0 spiro atoms. The van der Waals surface area contributed by atoms with Gasteiger partial charge in [-0.25, -0.2) is 9.59 Å². The summed E-state index contributed by atoms with van der Waals surface area (Å²) in [4.78, 5) is 54.9. The Bertz CT molecular complexity index is 1370. The standard InChI is InChI=1S/C35H52N3O9P/c1-8-26-19-35(26,48(43,21-25-14-10-9-11-15-25)45-22-44-33(42)46-23(2)3)37-30(39)28-18-24(4)20-38(28)31(40)29(34(5,6)7)36-32(41)47-27-16-12-13-17-27/h8-11,14-15,23-24,26-29H,1,12-13,16-22H2,2-7H3,(H,36,41)(H,37,39)/t24-,26-,28+,29-,35+,48?/m1/s1. The van der Waals surface area contributed by atoms with Gasteiger partial charge in [-0.1, -0.05) is 64.1 Å². The molecule has 0 aromatic heterocycles. The summed E-state index contributed by atoms with van der Waals surface area (Å²) in [6.07, 6.45) is 3.66. The van der Waals surface area contributed by atoms with Crippen molar-refractivity contribution in [2.45, 2.75) is 116 Å². The summed E-state index contributed by atoms with van der Waals surface area (Å²) in [5.41, 5.74) is 0.0315. The maximum absolute atomic E-state index is 14.9. The van der Waals surface area contributed by atoms with Gasteiger partial charge in [-0.3, -0.25) is 18.7 Å². The molecule has 2 saturated carbocycles. The van der Waals surface area contributed by atoms with Crippen LogP contribution < -0.4 is 10.6 Å². The van der Waals surface area contributed by atoms with Gasteiger partial charge >= 0.3 is 12.2 Å². The van der Waals surface area contributed by atoms with Gasteiger partial charge in [0.2, 0.25) is 26.0 Å². The molecule has 0 bridgehead atoms. The highest BCUT2D eigenvalue weighted by molar-refractivity contribution is 7.60. The van der Waals surface area contributed by atoms with Crippen molar-refractivity contribution in [2.24, 2.45) is 17.3 Å². The number of alkyl carbamates (subject to hydrolysis) is 1. The zero-order valence-corrected chi connectivity index (χ0v) is 30.0. The second kappa shape index (κ2) is 15.5. The molecule has 3 aliphatic rings. The third kappa shape index (κ3) is 8.99. The summed E-state index contributed by atoms with van der Waals surface area (Å²) >= 11 is 0. The molecule has 48 heavy (non-hydrogen) atoms. The zero-order chi connectivity index (χ0) is 35.3. The highest BCUT2D eigenvalue weighted by Crippen LogP contribution is 2.73. The molecule has 1 unspecified atom stereocenters. The van der Waals surface area contributed by atoms with Crippen molar-refractivity contribution in [1.29, 1.82) is 0 Å². The van der Waals surface area contributed by atoms with Crippen LogP contribution >= 0.6 is 7.37 Å². The van der Waals surface area contributed by atoms with Crippen molar-refractivity contribution >= 4 is 31.4 Å². The Morgan fingerprint density at radius 3 is 2.38 bits per heavy atom. The van der Waals surface area contributed by atoms with Gasteiger partial charge in [0.15, 0.2) is 0 Å². The van der Waals surface area contributed by atoms with Gasteiger partial charge in [0.05, 0.1) is 12.3 Å². The van der Waals surface area contributed by atoms with Gasteiger partial charge < -0.3 is 29.7 Å². The van der Waals surface area contributed by atoms with E-state index in [0.29, 0.717) is 18.5 Å². The second-order valence-corrected chi connectivity index (χ2v) is 17.4. The van der Waals surface area contributed by atoms with Crippen molar-refractivity contribution in [1.82, 2.24) is 15.5 Å². The van der Waals surface area contributed by atoms with Crippen LogP contribution in [0.4, 0.5) is 9.59 Å². The van der Waals surface area contributed by atoms with Crippen LogP contribution in [-0.4, -0.2) is 71.9 Å². The van der Waals surface area contributed by atoms with Gasteiger partial charge in [-0.2, -0.15) is 0 Å². The van der Waals surface area contributed by atoms with Crippen molar-refractivity contribution in [3.8, 4) is 0 Å². The normalized spacial score (nSPS) is 25.9. The minimum absolute atomic E-state index is 0.00569.